The van der Waals surface area contributed by atoms with Crippen LogP contribution in [-0.2, 0) is 19.4 Å². The smallest absolute Gasteiger partial charge is 0.304 e. The number of nitrogens with zero attached hydrogens (tertiary/aromatic N) is 1. The normalized spacial score (nSPS) is 25.2. The van der Waals surface area contributed by atoms with Gasteiger partial charge in [-0.05, 0) is 67.0 Å². The maximum atomic E-state index is 14.2. The fourth-order valence-corrected chi connectivity index (χ4v) is 8.18. The molecule has 1 saturated carbocycles. The summed E-state index contributed by atoms with van der Waals surface area (Å²) in [6.07, 6.45) is 2.19. The number of carbonyl (C=O) groups excluding carboxylic acids is 1. The molecule has 1 N–H and O–H groups in total. The Morgan fingerprint density at radius 3 is 2.35 bits per heavy atom. The van der Waals surface area contributed by atoms with E-state index >= 15 is 0 Å². The lowest BCUT2D eigenvalue weighted by Crippen LogP contribution is -2.57. The van der Waals surface area contributed by atoms with Crippen LogP contribution in [0.4, 0.5) is 0 Å². The van der Waals surface area contributed by atoms with E-state index in [0.29, 0.717) is 16.5 Å². The van der Waals surface area contributed by atoms with Crippen LogP contribution in [-0.4, -0.2) is 47.8 Å². The fourth-order valence-electron chi connectivity index (χ4n) is 5.68. The zero-order valence-electron chi connectivity index (χ0n) is 21.1. The van der Waals surface area contributed by atoms with E-state index < -0.39 is 33.3 Å². The Morgan fingerprint density at radius 2 is 1.78 bits per heavy atom. The van der Waals surface area contributed by atoms with Crippen molar-refractivity contribution in [1.82, 2.24) is 4.90 Å². The van der Waals surface area contributed by atoms with Gasteiger partial charge in [-0.1, -0.05) is 61.3 Å². The van der Waals surface area contributed by atoms with E-state index in [1.807, 2.05) is 37.3 Å². The number of sulfone groups is 1. The second-order valence-electron chi connectivity index (χ2n) is 10.8. The van der Waals surface area contributed by atoms with Crippen molar-refractivity contribution >= 4 is 44.9 Å². The summed E-state index contributed by atoms with van der Waals surface area (Å²) in [5, 5.41) is 10.8. The molecule has 0 radical (unpaired) electrons. The highest BCUT2D eigenvalue weighted by Crippen LogP contribution is 2.52. The van der Waals surface area contributed by atoms with Crippen LogP contribution >= 0.6 is 23.2 Å². The number of aliphatic carboxylic acids is 1. The number of likely N-dealkylation sites (tertiary alicyclic amines) is 1. The van der Waals surface area contributed by atoms with Crippen LogP contribution < -0.4 is 0 Å². The predicted molar refractivity (Wildman–Crippen MR) is 146 cm³/mol. The topological polar surface area (TPSA) is 91.8 Å². The Morgan fingerprint density at radius 1 is 1.11 bits per heavy atom. The van der Waals surface area contributed by atoms with Gasteiger partial charge in [0, 0.05) is 22.0 Å². The van der Waals surface area contributed by atoms with Gasteiger partial charge in [0.2, 0.25) is 5.91 Å². The van der Waals surface area contributed by atoms with Crippen molar-refractivity contribution in [3.63, 3.8) is 0 Å². The molecule has 37 heavy (non-hydrogen) atoms. The van der Waals surface area contributed by atoms with Crippen LogP contribution in [0.15, 0.2) is 48.5 Å². The van der Waals surface area contributed by atoms with Gasteiger partial charge >= 0.3 is 5.97 Å². The number of piperidine rings is 1. The van der Waals surface area contributed by atoms with Gasteiger partial charge in [0.1, 0.15) is 0 Å². The quantitative estimate of drug-likeness (QED) is 0.373. The highest BCUT2D eigenvalue weighted by molar-refractivity contribution is 7.91. The molecule has 0 spiro atoms. The second kappa shape index (κ2) is 11.0. The molecule has 2 aromatic carbocycles. The number of hydrogen-bond acceptors (Lipinski definition) is 4. The van der Waals surface area contributed by atoms with Gasteiger partial charge in [-0.3, -0.25) is 9.59 Å². The van der Waals surface area contributed by atoms with Crippen LogP contribution in [0.3, 0.4) is 0 Å². The van der Waals surface area contributed by atoms with Gasteiger partial charge in [-0.2, -0.15) is 0 Å². The van der Waals surface area contributed by atoms with Crippen LogP contribution in [0.25, 0.3) is 0 Å². The molecule has 6 nitrogen and oxygen atoms in total. The molecule has 1 aliphatic heterocycles. The first-order valence-electron chi connectivity index (χ1n) is 12.7. The molecule has 200 valence electrons. The third kappa shape index (κ3) is 6.50. The minimum Gasteiger partial charge on any atom is -0.481 e. The summed E-state index contributed by atoms with van der Waals surface area (Å²) < 4.78 is 26.3. The Labute approximate surface area is 228 Å². The molecule has 2 fully saturated rings. The van der Waals surface area contributed by atoms with Gasteiger partial charge in [-0.25, -0.2) is 8.42 Å². The molecule has 1 heterocycles. The number of halogens is 2. The van der Waals surface area contributed by atoms with Crippen molar-refractivity contribution in [3.05, 3.63) is 69.7 Å². The molecule has 4 atom stereocenters. The highest BCUT2D eigenvalue weighted by Gasteiger charge is 2.52. The number of carbonyl (C=O) groups is 2. The van der Waals surface area contributed by atoms with Crippen molar-refractivity contribution in [2.45, 2.75) is 64.0 Å². The largest absolute Gasteiger partial charge is 0.481 e. The Bertz CT molecular complexity index is 1260. The maximum Gasteiger partial charge on any atom is 0.304 e. The zero-order chi connectivity index (χ0) is 27.0. The first kappa shape index (κ1) is 27.9. The summed E-state index contributed by atoms with van der Waals surface area (Å²) in [6.45, 7) is 3.55. The molecule has 9 heteroatoms. The number of benzene rings is 2. The monoisotopic (exact) mass is 565 g/mol. The summed E-state index contributed by atoms with van der Waals surface area (Å²) in [7, 11) is -3.42. The molecule has 0 bridgehead atoms. The minimum absolute atomic E-state index is 0.126. The Kier molecular flexibility index (Phi) is 8.27. The molecular weight excluding hydrogens is 533 g/mol. The number of amides is 1. The zero-order valence-corrected chi connectivity index (χ0v) is 23.4. The van der Waals surface area contributed by atoms with Crippen LogP contribution in [0.1, 0.15) is 69.0 Å². The molecule has 1 aliphatic carbocycles. The third-order valence-electron chi connectivity index (χ3n) is 7.63. The van der Waals surface area contributed by atoms with E-state index in [4.69, 9.17) is 23.2 Å². The summed E-state index contributed by atoms with van der Waals surface area (Å²) in [5.41, 5.74) is 0.477. The van der Waals surface area contributed by atoms with Crippen molar-refractivity contribution in [1.29, 1.82) is 0 Å². The predicted octanol–water partition coefficient (Wildman–Crippen LogP) is 6.14. The molecule has 4 rings (SSSR count). The Hall–Kier alpha value is -2.09. The molecule has 0 aromatic heterocycles. The molecular formula is C28H33Cl2NO5S. The van der Waals surface area contributed by atoms with Gasteiger partial charge in [0.05, 0.1) is 29.4 Å². The molecule has 2 aliphatic rings. The number of carboxylic acid groups (broad SMARTS) is 1. The average Bonchev–Trinajstić information content (AvgIpc) is 3.62. The first-order chi connectivity index (χ1) is 17.4. The van der Waals surface area contributed by atoms with Crippen molar-refractivity contribution in [2.75, 3.05) is 11.5 Å². The van der Waals surface area contributed by atoms with Gasteiger partial charge in [0.25, 0.3) is 0 Å². The lowest BCUT2D eigenvalue weighted by Gasteiger charge is -2.51. The summed E-state index contributed by atoms with van der Waals surface area (Å²) >= 11 is 12.5. The van der Waals surface area contributed by atoms with Gasteiger partial charge < -0.3 is 10.0 Å². The maximum absolute atomic E-state index is 14.2. The van der Waals surface area contributed by atoms with E-state index in [1.165, 1.54) is 0 Å². The summed E-state index contributed by atoms with van der Waals surface area (Å²) in [6, 6.07) is 13.5. The third-order valence-corrected chi connectivity index (χ3v) is 9.99. The number of carboxylic acids is 1. The van der Waals surface area contributed by atoms with Crippen molar-refractivity contribution < 1.29 is 23.1 Å². The van der Waals surface area contributed by atoms with Crippen LogP contribution in [0, 0.1) is 11.3 Å². The highest BCUT2D eigenvalue weighted by atomic mass is 35.5. The average molecular weight is 567 g/mol. The molecule has 1 saturated heterocycles. The second-order valence-corrected chi connectivity index (χ2v) is 13.8. The van der Waals surface area contributed by atoms with Crippen LogP contribution in [0.5, 0.6) is 0 Å². The van der Waals surface area contributed by atoms with E-state index in [2.05, 4.69) is 0 Å². The van der Waals surface area contributed by atoms with E-state index in [0.717, 1.165) is 24.0 Å². The first-order valence-corrected chi connectivity index (χ1v) is 15.3. The Balaban J connectivity index is 1.86. The van der Waals surface area contributed by atoms with E-state index in [9.17, 15) is 23.1 Å². The number of rotatable bonds is 10. The standard InChI is InChI=1S/C28H33Cl2NO5S/c1-3-23(17-37(35,36)16-18-7-8-18)31-26(19-9-11-21(29)12-10-19)24(20-5-4-6-22(30)13-20)14-28(2,27(31)34)15-25(32)33/h4-6,9-13,18,23-24,26H,3,7-8,14-17H2,1-2H3,(H,32,33)/t23?,24-,26-,28-/m1/s1. The lowest BCUT2D eigenvalue weighted by atomic mass is 9.67. The van der Waals surface area contributed by atoms with Gasteiger partial charge in [0.15, 0.2) is 9.84 Å². The van der Waals surface area contributed by atoms with Crippen molar-refractivity contribution in [3.8, 4) is 0 Å². The van der Waals surface area contributed by atoms with E-state index in [-0.39, 0.29) is 42.1 Å². The summed E-state index contributed by atoms with van der Waals surface area (Å²) in [5.74, 6) is -1.53. The van der Waals surface area contributed by atoms with Crippen molar-refractivity contribution in [2.24, 2.45) is 11.3 Å². The SMILES string of the molecule is CCC(CS(=O)(=O)CC1CC1)N1C(=O)[C@@](C)(CC(=O)O)C[C@H](c2cccc(Cl)c2)[C@H]1c1ccc(Cl)cc1. The molecule has 2 aromatic rings. The molecule has 1 amide bonds. The lowest BCUT2D eigenvalue weighted by molar-refractivity contribution is -0.160. The number of hydrogen-bond donors (Lipinski definition) is 1. The summed E-state index contributed by atoms with van der Waals surface area (Å²) in [4.78, 5) is 27.8. The fraction of sp³-hybridized carbons (Fsp3) is 0.500. The van der Waals surface area contributed by atoms with E-state index in [1.54, 1.807) is 30.0 Å². The molecule has 1 unspecified atom stereocenters. The minimum atomic E-state index is -3.42. The van der Waals surface area contributed by atoms with Gasteiger partial charge in [-0.15, -0.1) is 0 Å². The van der Waals surface area contributed by atoms with Crippen LogP contribution in [0.2, 0.25) is 10.0 Å².